The molecule has 0 aliphatic carbocycles. The zero-order valence-corrected chi connectivity index (χ0v) is 9.95. The predicted octanol–water partition coefficient (Wildman–Crippen LogP) is 0.158. The van der Waals surface area contributed by atoms with Crippen molar-refractivity contribution in [1.82, 2.24) is 8.87 Å². The summed E-state index contributed by atoms with van der Waals surface area (Å²) >= 11 is 0. The summed E-state index contributed by atoms with van der Waals surface area (Å²) in [7, 11) is -0.166. The minimum atomic E-state index is -3.40. The van der Waals surface area contributed by atoms with E-state index in [1.807, 2.05) is 0 Å². The minimum Gasteiger partial charge on any atom is -0.390 e. The molecule has 0 saturated carbocycles. The van der Waals surface area contributed by atoms with E-state index in [0.717, 1.165) is 0 Å². The summed E-state index contributed by atoms with van der Waals surface area (Å²) in [6.07, 6.45) is 1.51. The summed E-state index contributed by atoms with van der Waals surface area (Å²) in [5, 5.41) is 8.96. The number of nitrogens with zero attached hydrogens (tertiary/aromatic N) is 2. The molecule has 0 aromatic carbocycles. The lowest BCUT2D eigenvalue weighted by Crippen LogP contribution is -2.26. The third-order valence-corrected chi connectivity index (χ3v) is 4.30. The summed E-state index contributed by atoms with van der Waals surface area (Å²) in [4.78, 5) is 0.221. The Balaban J connectivity index is 3.17. The third kappa shape index (κ3) is 2.22. The van der Waals surface area contributed by atoms with E-state index in [-0.39, 0.29) is 11.5 Å². The van der Waals surface area contributed by atoms with Crippen LogP contribution in [0.5, 0.6) is 0 Å². The maximum atomic E-state index is 11.9. The van der Waals surface area contributed by atoms with Gasteiger partial charge in [0.15, 0.2) is 0 Å². The lowest BCUT2D eigenvalue weighted by molar-refractivity contribution is 0.272. The van der Waals surface area contributed by atoms with E-state index in [9.17, 15) is 8.42 Å². The van der Waals surface area contributed by atoms with Crippen molar-refractivity contribution in [3.05, 3.63) is 18.0 Å². The lowest BCUT2D eigenvalue weighted by Gasteiger charge is -2.12. The van der Waals surface area contributed by atoms with Crippen LogP contribution in [0.4, 0.5) is 0 Å². The molecule has 0 amide bonds. The molecule has 0 spiro atoms. The highest BCUT2D eigenvalue weighted by atomic mass is 32.2. The molecule has 15 heavy (non-hydrogen) atoms. The van der Waals surface area contributed by atoms with E-state index >= 15 is 0 Å². The first-order valence-corrected chi connectivity index (χ1v) is 6.10. The number of aliphatic hydroxyl groups is 1. The van der Waals surface area contributed by atoms with Gasteiger partial charge in [-0.1, -0.05) is 6.92 Å². The van der Waals surface area contributed by atoms with Gasteiger partial charge >= 0.3 is 0 Å². The molecule has 0 bridgehead atoms. The van der Waals surface area contributed by atoms with Gasteiger partial charge in [0.1, 0.15) is 4.90 Å². The van der Waals surface area contributed by atoms with Crippen LogP contribution in [0.25, 0.3) is 0 Å². The van der Waals surface area contributed by atoms with Crippen molar-refractivity contribution >= 4 is 10.0 Å². The lowest BCUT2D eigenvalue weighted by atomic mass is 10.5. The van der Waals surface area contributed by atoms with Gasteiger partial charge in [0.2, 0.25) is 10.0 Å². The molecular weight excluding hydrogens is 216 g/mol. The van der Waals surface area contributed by atoms with Gasteiger partial charge in [-0.25, -0.2) is 12.7 Å². The van der Waals surface area contributed by atoms with Gasteiger partial charge in [0.25, 0.3) is 0 Å². The molecule has 1 rings (SSSR count). The molecule has 86 valence electrons. The number of aromatic nitrogens is 1. The molecule has 0 aliphatic heterocycles. The second-order valence-electron chi connectivity index (χ2n) is 3.36. The van der Waals surface area contributed by atoms with Gasteiger partial charge in [-0.15, -0.1) is 0 Å². The Morgan fingerprint density at radius 3 is 2.53 bits per heavy atom. The number of aliphatic hydroxyl groups excluding tert-OH is 1. The molecule has 0 aliphatic rings. The van der Waals surface area contributed by atoms with Crippen LogP contribution in [-0.2, 0) is 23.7 Å². The van der Waals surface area contributed by atoms with Crippen LogP contribution >= 0.6 is 0 Å². The first-order chi connectivity index (χ1) is 6.93. The van der Waals surface area contributed by atoms with Gasteiger partial charge < -0.3 is 9.67 Å². The van der Waals surface area contributed by atoms with Gasteiger partial charge in [-0.3, -0.25) is 0 Å². The van der Waals surface area contributed by atoms with Crippen molar-refractivity contribution in [2.45, 2.75) is 18.4 Å². The largest absolute Gasteiger partial charge is 0.390 e. The van der Waals surface area contributed by atoms with Crippen molar-refractivity contribution in [2.24, 2.45) is 7.05 Å². The van der Waals surface area contributed by atoms with Crippen LogP contribution in [0.2, 0.25) is 0 Å². The zero-order chi connectivity index (χ0) is 11.6. The third-order valence-electron chi connectivity index (χ3n) is 2.40. The summed E-state index contributed by atoms with van der Waals surface area (Å²) in [6.45, 7) is 2.03. The highest BCUT2D eigenvalue weighted by Crippen LogP contribution is 2.17. The van der Waals surface area contributed by atoms with E-state index in [0.29, 0.717) is 12.2 Å². The average Bonchev–Trinajstić information content (AvgIpc) is 2.58. The SMILES string of the molecule is CCN(C)S(=O)(=O)c1cc(CO)n(C)c1. The molecule has 0 atom stereocenters. The van der Waals surface area contributed by atoms with Crippen LogP contribution in [0.15, 0.2) is 17.2 Å². The van der Waals surface area contributed by atoms with Gasteiger partial charge in [0, 0.05) is 32.5 Å². The van der Waals surface area contributed by atoms with Crippen LogP contribution in [0.1, 0.15) is 12.6 Å². The molecule has 1 heterocycles. The Hall–Kier alpha value is -0.850. The van der Waals surface area contributed by atoms with E-state index < -0.39 is 10.0 Å². The molecule has 1 N–H and O–H groups in total. The van der Waals surface area contributed by atoms with Crippen molar-refractivity contribution in [3.8, 4) is 0 Å². The fraction of sp³-hybridized carbons (Fsp3) is 0.556. The maximum Gasteiger partial charge on any atom is 0.244 e. The number of sulfonamides is 1. The molecule has 5 nitrogen and oxygen atoms in total. The van der Waals surface area contributed by atoms with Gasteiger partial charge in [0.05, 0.1) is 6.61 Å². The second kappa shape index (κ2) is 4.34. The second-order valence-corrected chi connectivity index (χ2v) is 5.40. The highest BCUT2D eigenvalue weighted by Gasteiger charge is 2.21. The molecular formula is C9H16N2O3S. The number of hydrogen-bond acceptors (Lipinski definition) is 3. The molecule has 0 saturated heterocycles. The number of aryl methyl sites for hydroxylation is 1. The summed E-state index contributed by atoms with van der Waals surface area (Å²) < 4.78 is 26.6. The van der Waals surface area contributed by atoms with Crippen molar-refractivity contribution < 1.29 is 13.5 Å². The Morgan fingerprint density at radius 2 is 2.13 bits per heavy atom. The molecule has 1 aromatic rings. The highest BCUT2D eigenvalue weighted by molar-refractivity contribution is 7.89. The van der Waals surface area contributed by atoms with Crippen LogP contribution in [0, 0.1) is 0 Å². The molecule has 0 radical (unpaired) electrons. The Morgan fingerprint density at radius 1 is 1.53 bits per heavy atom. The molecule has 1 aromatic heterocycles. The fourth-order valence-electron chi connectivity index (χ4n) is 1.23. The maximum absolute atomic E-state index is 11.9. The first-order valence-electron chi connectivity index (χ1n) is 4.66. The quantitative estimate of drug-likeness (QED) is 0.804. The summed E-state index contributed by atoms with van der Waals surface area (Å²) in [6, 6.07) is 1.49. The zero-order valence-electron chi connectivity index (χ0n) is 9.14. The number of rotatable bonds is 4. The van der Waals surface area contributed by atoms with Crippen LogP contribution in [0.3, 0.4) is 0 Å². The van der Waals surface area contributed by atoms with Gasteiger partial charge in [-0.05, 0) is 6.07 Å². The smallest absolute Gasteiger partial charge is 0.244 e. The van der Waals surface area contributed by atoms with Crippen molar-refractivity contribution in [1.29, 1.82) is 0 Å². The van der Waals surface area contributed by atoms with Crippen molar-refractivity contribution in [3.63, 3.8) is 0 Å². The van der Waals surface area contributed by atoms with Crippen LogP contribution < -0.4 is 0 Å². The Labute approximate surface area is 90.0 Å². The Kier molecular flexibility index (Phi) is 3.54. The molecule has 0 unspecified atom stereocenters. The summed E-state index contributed by atoms with van der Waals surface area (Å²) in [5.74, 6) is 0. The first kappa shape index (κ1) is 12.2. The Bertz CT molecular complexity index is 436. The van der Waals surface area contributed by atoms with E-state index in [1.54, 1.807) is 18.5 Å². The topological polar surface area (TPSA) is 62.5 Å². The standard InChI is InChI=1S/C9H16N2O3S/c1-4-11(3)15(13,14)9-5-8(7-12)10(2)6-9/h5-6,12H,4,7H2,1-3H3. The van der Waals surface area contributed by atoms with Crippen LogP contribution in [-0.4, -0.2) is 36.0 Å². The monoisotopic (exact) mass is 232 g/mol. The van der Waals surface area contributed by atoms with E-state index in [4.69, 9.17) is 5.11 Å². The normalized spacial score (nSPS) is 12.3. The summed E-state index contributed by atoms with van der Waals surface area (Å²) in [5.41, 5.74) is 0.582. The predicted molar refractivity (Wildman–Crippen MR) is 56.8 cm³/mol. The van der Waals surface area contributed by atoms with E-state index in [1.165, 1.54) is 23.6 Å². The minimum absolute atomic E-state index is 0.165. The number of hydrogen-bond donors (Lipinski definition) is 1. The molecule has 0 fully saturated rings. The average molecular weight is 232 g/mol. The van der Waals surface area contributed by atoms with Gasteiger partial charge in [-0.2, -0.15) is 0 Å². The van der Waals surface area contributed by atoms with Crippen molar-refractivity contribution in [2.75, 3.05) is 13.6 Å². The molecule has 6 heteroatoms. The van der Waals surface area contributed by atoms with E-state index in [2.05, 4.69) is 0 Å². The fourth-order valence-corrected chi connectivity index (χ4v) is 2.50.